The molecular formula is C34H45N7. The van der Waals surface area contributed by atoms with Gasteiger partial charge in [-0.05, 0) is 91.7 Å². The first kappa shape index (κ1) is 28.7. The van der Waals surface area contributed by atoms with Crippen molar-refractivity contribution in [2.75, 3.05) is 31.3 Å². The molecule has 5 rings (SSSR count). The lowest BCUT2D eigenvalue weighted by molar-refractivity contribution is 0.346. The number of aryl methyl sites for hydroxylation is 3. The van der Waals surface area contributed by atoms with E-state index in [4.69, 9.17) is 15.8 Å². The minimum Gasteiger partial charge on any atom is -0.398 e. The van der Waals surface area contributed by atoms with E-state index in [1.807, 2.05) is 25.1 Å². The number of nitriles is 1. The number of rotatable bonds is 7. The monoisotopic (exact) mass is 551 g/mol. The van der Waals surface area contributed by atoms with Crippen molar-refractivity contribution in [1.82, 2.24) is 19.7 Å². The van der Waals surface area contributed by atoms with Gasteiger partial charge in [0, 0.05) is 49.9 Å². The number of nitrogens with zero attached hydrogens (tertiary/aromatic N) is 6. The summed E-state index contributed by atoms with van der Waals surface area (Å²) in [7, 11) is 4.02. The van der Waals surface area contributed by atoms with Crippen molar-refractivity contribution >= 4 is 17.1 Å². The van der Waals surface area contributed by atoms with E-state index in [1.165, 1.54) is 28.1 Å². The molecule has 0 radical (unpaired) electrons. The molecule has 2 unspecified atom stereocenters. The zero-order valence-corrected chi connectivity index (χ0v) is 25.7. The molecule has 2 atom stereocenters. The SMILES string of the molecule is C=C(c1cc2n(n1)CCCN(c1cc(CC)nc(C)c1CCC1(C)CCC(C)c3ccc(N)c(C#N)c31)C2)N(C)C. The Balaban J connectivity index is 1.50. The smallest absolute Gasteiger partial charge is 0.108 e. The van der Waals surface area contributed by atoms with Gasteiger partial charge in [-0.3, -0.25) is 9.67 Å². The van der Waals surface area contributed by atoms with Crippen LogP contribution in [0.4, 0.5) is 11.4 Å². The second-order valence-corrected chi connectivity index (χ2v) is 12.5. The fourth-order valence-electron chi connectivity index (χ4n) is 6.84. The highest BCUT2D eigenvalue weighted by Gasteiger charge is 2.38. The molecule has 2 aliphatic rings. The molecule has 7 heteroatoms. The van der Waals surface area contributed by atoms with Gasteiger partial charge in [-0.15, -0.1) is 0 Å². The normalized spacial score (nSPS) is 20.1. The molecule has 1 aromatic carbocycles. The average Bonchev–Trinajstić information content (AvgIpc) is 3.24. The highest BCUT2D eigenvalue weighted by Crippen LogP contribution is 2.48. The van der Waals surface area contributed by atoms with Gasteiger partial charge < -0.3 is 15.5 Å². The summed E-state index contributed by atoms with van der Waals surface area (Å²) in [5, 5.41) is 15.0. The van der Waals surface area contributed by atoms with Gasteiger partial charge >= 0.3 is 0 Å². The van der Waals surface area contributed by atoms with Crippen molar-refractivity contribution in [1.29, 1.82) is 5.26 Å². The fourth-order valence-corrected chi connectivity index (χ4v) is 6.84. The first-order chi connectivity index (χ1) is 19.6. The maximum atomic E-state index is 10.1. The molecule has 0 bridgehead atoms. The van der Waals surface area contributed by atoms with E-state index >= 15 is 0 Å². The molecule has 0 amide bonds. The predicted molar refractivity (Wildman–Crippen MR) is 168 cm³/mol. The maximum absolute atomic E-state index is 10.1. The standard InChI is InChI=1S/C34H45N7/c1-8-25-18-32(40-16-9-17-41-26(21-40)19-31(38-41)24(4)39(6)7)28(23(3)37-25)13-15-34(5)14-12-22(2)27-10-11-30(36)29(20-35)33(27)34/h10-11,18-19,22H,4,8-9,12-17,21,36H2,1-3,5-7H3. The zero-order valence-electron chi connectivity index (χ0n) is 25.7. The summed E-state index contributed by atoms with van der Waals surface area (Å²) in [5.74, 6) is 0.434. The molecule has 1 aliphatic heterocycles. The first-order valence-corrected chi connectivity index (χ1v) is 15.1. The molecule has 0 saturated carbocycles. The maximum Gasteiger partial charge on any atom is 0.108 e. The summed E-state index contributed by atoms with van der Waals surface area (Å²) < 4.78 is 2.16. The molecule has 3 aromatic rings. The zero-order chi connectivity index (χ0) is 29.5. The van der Waals surface area contributed by atoms with E-state index in [9.17, 15) is 5.26 Å². The van der Waals surface area contributed by atoms with E-state index in [2.05, 4.69) is 68.1 Å². The number of nitrogens with two attached hydrogens (primary N) is 1. The van der Waals surface area contributed by atoms with Crippen LogP contribution in [0.1, 0.15) is 97.4 Å². The van der Waals surface area contributed by atoms with E-state index in [0.717, 1.165) is 80.9 Å². The van der Waals surface area contributed by atoms with Crippen LogP contribution in [-0.2, 0) is 31.3 Å². The van der Waals surface area contributed by atoms with Crippen LogP contribution in [0.25, 0.3) is 5.70 Å². The Kier molecular flexibility index (Phi) is 7.87. The first-order valence-electron chi connectivity index (χ1n) is 15.1. The predicted octanol–water partition coefficient (Wildman–Crippen LogP) is 6.33. The fraction of sp³-hybridized carbons (Fsp3) is 0.500. The number of benzene rings is 1. The van der Waals surface area contributed by atoms with E-state index in [1.54, 1.807) is 0 Å². The third kappa shape index (κ3) is 5.32. The van der Waals surface area contributed by atoms with Crippen LogP contribution in [0.2, 0.25) is 0 Å². The van der Waals surface area contributed by atoms with Crippen LogP contribution in [0, 0.1) is 18.3 Å². The van der Waals surface area contributed by atoms with Gasteiger partial charge in [-0.25, -0.2) is 0 Å². The van der Waals surface area contributed by atoms with Gasteiger partial charge in [0.05, 0.1) is 23.5 Å². The summed E-state index contributed by atoms with van der Waals surface area (Å²) in [6, 6.07) is 11.0. The van der Waals surface area contributed by atoms with Crippen LogP contribution < -0.4 is 10.6 Å². The van der Waals surface area contributed by atoms with Gasteiger partial charge in [0.2, 0.25) is 0 Å². The summed E-state index contributed by atoms with van der Waals surface area (Å²) in [4.78, 5) is 9.57. The Morgan fingerprint density at radius 2 is 2.05 bits per heavy atom. The number of nitrogen functional groups attached to an aromatic ring is 1. The van der Waals surface area contributed by atoms with Gasteiger partial charge in [0.15, 0.2) is 0 Å². The third-order valence-electron chi connectivity index (χ3n) is 9.49. The quantitative estimate of drug-likeness (QED) is 0.345. The van der Waals surface area contributed by atoms with E-state index in [0.29, 0.717) is 17.2 Å². The number of hydrogen-bond donors (Lipinski definition) is 1. The summed E-state index contributed by atoms with van der Waals surface area (Å²) in [6.07, 6.45) is 5.95. The molecule has 7 nitrogen and oxygen atoms in total. The Morgan fingerprint density at radius 3 is 2.76 bits per heavy atom. The Hall–Kier alpha value is -3.79. The molecule has 41 heavy (non-hydrogen) atoms. The summed E-state index contributed by atoms with van der Waals surface area (Å²) >= 11 is 0. The third-order valence-corrected chi connectivity index (χ3v) is 9.49. The van der Waals surface area contributed by atoms with Crippen LogP contribution in [-0.4, -0.2) is 40.3 Å². The molecule has 2 aromatic heterocycles. The molecule has 2 N–H and O–H groups in total. The molecule has 1 aliphatic carbocycles. The minimum atomic E-state index is -0.117. The molecular weight excluding hydrogens is 506 g/mol. The highest BCUT2D eigenvalue weighted by atomic mass is 15.3. The number of hydrogen-bond acceptors (Lipinski definition) is 6. The molecule has 3 heterocycles. The van der Waals surface area contributed by atoms with Crippen molar-refractivity contribution in [2.24, 2.45) is 0 Å². The van der Waals surface area contributed by atoms with Crippen molar-refractivity contribution in [2.45, 2.75) is 90.6 Å². The van der Waals surface area contributed by atoms with Crippen molar-refractivity contribution < 1.29 is 0 Å². The lowest BCUT2D eigenvalue weighted by Gasteiger charge is -2.40. The highest BCUT2D eigenvalue weighted by molar-refractivity contribution is 5.64. The summed E-state index contributed by atoms with van der Waals surface area (Å²) in [6.45, 7) is 15.9. The van der Waals surface area contributed by atoms with Crippen LogP contribution in [0.15, 0.2) is 30.8 Å². The number of pyridine rings is 1. The van der Waals surface area contributed by atoms with E-state index < -0.39 is 0 Å². The van der Waals surface area contributed by atoms with Gasteiger partial charge in [-0.1, -0.05) is 33.4 Å². The van der Waals surface area contributed by atoms with Crippen molar-refractivity contribution in [3.8, 4) is 6.07 Å². The second-order valence-electron chi connectivity index (χ2n) is 12.5. The van der Waals surface area contributed by atoms with Gasteiger partial charge in [0.25, 0.3) is 0 Å². The number of anilines is 2. The molecule has 0 saturated heterocycles. The topological polar surface area (TPSA) is 87.0 Å². The van der Waals surface area contributed by atoms with E-state index in [-0.39, 0.29) is 5.41 Å². The number of fused-ring (bicyclic) bond motifs is 2. The Bertz CT molecular complexity index is 1510. The van der Waals surface area contributed by atoms with Gasteiger partial charge in [-0.2, -0.15) is 10.4 Å². The molecule has 216 valence electrons. The van der Waals surface area contributed by atoms with Crippen molar-refractivity contribution in [3.05, 3.63) is 75.9 Å². The van der Waals surface area contributed by atoms with Gasteiger partial charge in [0.1, 0.15) is 11.8 Å². The summed E-state index contributed by atoms with van der Waals surface area (Å²) in [5.41, 5.74) is 17.9. The average molecular weight is 552 g/mol. The van der Waals surface area contributed by atoms with Crippen LogP contribution in [0.3, 0.4) is 0 Å². The lowest BCUT2D eigenvalue weighted by atomic mass is 9.64. The van der Waals surface area contributed by atoms with Crippen molar-refractivity contribution in [3.63, 3.8) is 0 Å². The second kappa shape index (κ2) is 11.2. The Labute approximate surface area is 245 Å². The Morgan fingerprint density at radius 1 is 1.27 bits per heavy atom. The largest absolute Gasteiger partial charge is 0.398 e. The molecule has 0 fully saturated rings. The minimum absolute atomic E-state index is 0.117. The number of aromatic nitrogens is 3. The van der Waals surface area contributed by atoms with Crippen LogP contribution in [0.5, 0.6) is 0 Å². The molecule has 0 spiro atoms. The van der Waals surface area contributed by atoms with Crippen LogP contribution >= 0.6 is 0 Å². The lowest BCUT2D eigenvalue weighted by Crippen LogP contribution is -2.32.